The van der Waals surface area contributed by atoms with Gasteiger partial charge in [-0.25, -0.2) is 0 Å². The van der Waals surface area contributed by atoms with E-state index in [4.69, 9.17) is 4.74 Å². The predicted octanol–water partition coefficient (Wildman–Crippen LogP) is 5.24. The van der Waals surface area contributed by atoms with Gasteiger partial charge in [0.25, 0.3) is 0 Å². The summed E-state index contributed by atoms with van der Waals surface area (Å²) in [6, 6.07) is 20.2. The van der Waals surface area contributed by atoms with Gasteiger partial charge in [0.1, 0.15) is 5.72 Å². The van der Waals surface area contributed by atoms with E-state index in [2.05, 4.69) is 71.0 Å². The third kappa shape index (κ3) is 2.36. The number of fused-ring (bicyclic) bond motifs is 3. The van der Waals surface area contributed by atoms with Gasteiger partial charge in [0.05, 0.1) is 18.2 Å². The monoisotopic (exact) mass is 372 g/mol. The normalized spacial score (nSPS) is 29.0. The Morgan fingerprint density at radius 1 is 1.04 bits per heavy atom. The Kier molecular flexibility index (Phi) is 3.72. The van der Waals surface area contributed by atoms with Gasteiger partial charge < -0.3 is 9.30 Å². The van der Waals surface area contributed by atoms with E-state index in [0.717, 1.165) is 6.42 Å². The molecule has 0 N–H and O–H groups in total. The van der Waals surface area contributed by atoms with Crippen LogP contribution in [0.2, 0.25) is 0 Å². The molecule has 1 saturated heterocycles. The lowest BCUT2D eigenvalue weighted by Gasteiger charge is -2.52. The zero-order valence-corrected chi connectivity index (χ0v) is 16.6. The first-order valence-corrected chi connectivity index (χ1v) is 10.8. The molecule has 3 nitrogen and oxygen atoms in total. The Morgan fingerprint density at radius 3 is 2.75 bits per heavy atom. The van der Waals surface area contributed by atoms with Crippen molar-refractivity contribution in [3.05, 3.63) is 71.4 Å². The Hall–Kier alpha value is -2.10. The summed E-state index contributed by atoms with van der Waals surface area (Å²) in [6.45, 7) is 5.46. The number of nitrogens with zero attached hydrogens (tertiary/aromatic N) is 2. The van der Waals surface area contributed by atoms with Crippen LogP contribution in [0.1, 0.15) is 49.0 Å². The van der Waals surface area contributed by atoms with Gasteiger partial charge in [0, 0.05) is 24.0 Å². The van der Waals surface area contributed by atoms with Gasteiger partial charge in [0.2, 0.25) is 0 Å². The topological polar surface area (TPSA) is 17.4 Å². The highest BCUT2D eigenvalue weighted by Gasteiger charge is 2.49. The number of piperidine rings is 1. The first kappa shape index (κ1) is 16.8. The maximum absolute atomic E-state index is 6.76. The summed E-state index contributed by atoms with van der Waals surface area (Å²) in [5.41, 5.74) is 5.46. The lowest BCUT2D eigenvalue weighted by atomic mass is 9.76. The van der Waals surface area contributed by atoms with Crippen LogP contribution in [0.4, 0.5) is 0 Å². The Labute approximate surface area is 166 Å². The van der Waals surface area contributed by atoms with Gasteiger partial charge >= 0.3 is 0 Å². The molecule has 3 aliphatic heterocycles. The summed E-state index contributed by atoms with van der Waals surface area (Å²) in [4.78, 5) is 2.75. The average Bonchev–Trinajstić information content (AvgIpc) is 3.09. The zero-order valence-electron chi connectivity index (χ0n) is 16.6. The molecule has 0 spiro atoms. The second-order valence-corrected chi connectivity index (χ2v) is 9.00. The summed E-state index contributed by atoms with van der Waals surface area (Å²) >= 11 is 0. The third-order valence-electron chi connectivity index (χ3n) is 7.32. The summed E-state index contributed by atoms with van der Waals surface area (Å²) in [5, 5.41) is 1.44. The largest absolute Gasteiger partial charge is 0.351 e. The van der Waals surface area contributed by atoms with Crippen molar-refractivity contribution in [3.8, 4) is 0 Å². The summed E-state index contributed by atoms with van der Waals surface area (Å²) in [5.74, 6) is 0.699. The number of para-hydroxylation sites is 1. The zero-order chi connectivity index (χ0) is 18.7. The maximum atomic E-state index is 6.76. The SMILES string of the molecule is CC1(OCc2ccccc2)CC2CCCN3CCc4c(n1c1ccccc41)C23. The number of aromatic nitrogens is 1. The second-order valence-electron chi connectivity index (χ2n) is 9.00. The molecular weight excluding hydrogens is 344 g/mol. The summed E-state index contributed by atoms with van der Waals surface area (Å²) in [6.07, 6.45) is 4.92. The minimum atomic E-state index is -0.287. The smallest absolute Gasteiger partial charge is 0.143 e. The number of rotatable bonds is 3. The molecule has 4 heterocycles. The average molecular weight is 373 g/mol. The summed E-state index contributed by atoms with van der Waals surface area (Å²) in [7, 11) is 0. The molecule has 144 valence electrons. The van der Waals surface area contributed by atoms with Crippen molar-refractivity contribution in [3.63, 3.8) is 0 Å². The number of hydrogen-bond donors (Lipinski definition) is 0. The van der Waals surface area contributed by atoms with Crippen LogP contribution in [-0.4, -0.2) is 22.6 Å². The second kappa shape index (κ2) is 6.20. The number of benzene rings is 2. The van der Waals surface area contributed by atoms with E-state index >= 15 is 0 Å². The molecule has 1 aromatic heterocycles. The highest BCUT2D eigenvalue weighted by atomic mass is 16.5. The van der Waals surface area contributed by atoms with Crippen LogP contribution >= 0.6 is 0 Å². The van der Waals surface area contributed by atoms with Gasteiger partial charge in [-0.1, -0.05) is 48.5 Å². The molecule has 0 radical (unpaired) electrons. The molecule has 0 saturated carbocycles. The van der Waals surface area contributed by atoms with E-state index < -0.39 is 0 Å². The van der Waals surface area contributed by atoms with Crippen molar-refractivity contribution >= 4 is 10.9 Å². The maximum Gasteiger partial charge on any atom is 0.143 e. The Bertz CT molecular complexity index is 1020. The lowest BCUT2D eigenvalue weighted by molar-refractivity contribution is -0.145. The molecule has 3 aliphatic rings. The van der Waals surface area contributed by atoms with Crippen molar-refractivity contribution in [2.24, 2.45) is 5.92 Å². The molecular formula is C25H28N2O. The van der Waals surface area contributed by atoms with E-state index in [9.17, 15) is 0 Å². The van der Waals surface area contributed by atoms with Gasteiger partial charge in [-0.3, -0.25) is 4.90 Å². The molecule has 28 heavy (non-hydrogen) atoms. The molecule has 3 atom stereocenters. The molecule has 2 aromatic carbocycles. The highest BCUT2D eigenvalue weighted by Crippen LogP contribution is 2.53. The molecule has 0 amide bonds. The van der Waals surface area contributed by atoms with Crippen LogP contribution in [0.15, 0.2) is 54.6 Å². The molecule has 3 aromatic rings. The van der Waals surface area contributed by atoms with Crippen LogP contribution in [0, 0.1) is 5.92 Å². The summed E-state index contributed by atoms with van der Waals surface area (Å²) < 4.78 is 9.34. The predicted molar refractivity (Wildman–Crippen MR) is 112 cm³/mol. The van der Waals surface area contributed by atoms with Crippen LogP contribution < -0.4 is 0 Å². The van der Waals surface area contributed by atoms with Crippen molar-refractivity contribution in [1.29, 1.82) is 0 Å². The van der Waals surface area contributed by atoms with Gasteiger partial charge in [-0.15, -0.1) is 0 Å². The minimum absolute atomic E-state index is 0.287. The van der Waals surface area contributed by atoms with E-state index in [-0.39, 0.29) is 5.72 Å². The fraction of sp³-hybridized carbons (Fsp3) is 0.440. The fourth-order valence-electron chi connectivity index (χ4n) is 6.19. The van der Waals surface area contributed by atoms with Crippen molar-refractivity contribution < 1.29 is 4.74 Å². The highest BCUT2D eigenvalue weighted by molar-refractivity contribution is 5.86. The van der Waals surface area contributed by atoms with E-state index in [1.54, 1.807) is 11.3 Å². The fourth-order valence-corrected chi connectivity index (χ4v) is 6.19. The molecule has 0 aliphatic carbocycles. The molecule has 0 bridgehead atoms. The first-order chi connectivity index (χ1) is 13.7. The van der Waals surface area contributed by atoms with Crippen molar-refractivity contribution in [2.45, 2.75) is 51.0 Å². The molecule has 1 fully saturated rings. The van der Waals surface area contributed by atoms with E-state index in [1.807, 2.05) is 0 Å². The van der Waals surface area contributed by atoms with Crippen LogP contribution in [0.3, 0.4) is 0 Å². The van der Waals surface area contributed by atoms with Crippen molar-refractivity contribution in [1.82, 2.24) is 9.47 Å². The quantitative estimate of drug-likeness (QED) is 0.625. The van der Waals surface area contributed by atoms with Crippen LogP contribution in [0.5, 0.6) is 0 Å². The van der Waals surface area contributed by atoms with Gasteiger partial charge in [0.15, 0.2) is 0 Å². The van der Waals surface area contributed by atoms with Gasteiger partial charge in [-0.05, 0) is 55.8 Å². The Balaban J connectivity index is 1.51. The minimum Gasteiger partial charge on any atom is -0.351 e. The number of hydrogen-bond acceptors (Lipinski definition) is 2. The van der Waals surface area contributed by atoms with E-state index in [1.165, 1.54) is 48.8 Å². The lowest BCUT2D eigenvalue weighted by Crippen LogP contribution is -2.52. The van der Waals surface area contributed by atoms with Crippen molar-refractivity contribution in [2.75, 3.05) is 13.1 Å². The van der Waals surface area contributed by atoms with Crippen LogP contribution in [-0.2, 0) is 23.5 Å². The van der Waals surface area contributed by atoms with Crippen LogP contribution in [0.25, 0.3) is 10.9 Å². The molecule has 3 unspecified atom stereocenters. The number of ether oxygens (including phenoxy) is 1. The molecule has 3 heteroatoms. The standard InChI is InChI=1S/C25H28N2O/c1-25(28-17-18-8-3-2-4-9-18)16-19-10-7-14-26-15-13-21-20-11-5-6-12-22(20)27(25)24(21)23(19)26/h2-6,8-9,11-12,19,23H,7,10,13-17H2,1H3. The third-order valence-corrected chi connectivity index (χ3v) is 7.32. The molecule has 6 rings (SSSR count). The van der Waals surface area contributed by atoms with E-state index in [0.29, 0.717) is 18.6 Å². The first-order valence-electron chi connectivity index (χ1n) is 10.8. The van der Waals surface area contributed by atoms with Gasteiger partial charge in [-0.2, -0.15) is 0 Å². The Morgan fingerprint density at radius 2 is 1.86 bits per heavy atom.